The Morgan fingerprint density at radius 2 is 2.10 bits per heavy atom. The van der Waals surface area contributed by atoms with Crippen molar-refractivity contribution in [2.45, 2.75) is 37.8 Å². The van der Waals surface area contributed by atoms with Crippen LogP contribution in [-0.2, 0) is 12.1 Å². The molecular formula is C14H17ClFN3O2. The molecular weight excluding hydrogens is 297 g/mol. The second-order valence-corrected chi connectivity index (χ2v) is 5.12. The van der Waals surface area contributed by atoms with Gasteiger partial charge in [-0.25, -0.2) is 4.39 Å². The highest BCUT2D eigenvalue weighted by Gasteiger charge is 2.35. The summed E-state index contributed by atoms with van der Waals surface area (Å²) < 4.78 is 23.5. The summed E-state index contributed by atoms with van der Waals surface area (Å²) in [5.41, 5.74) is 5.77. The van der Waals surface area contributed by atoms with Gasteiger partial charge in [0.05, 0.1) is 5.54 Å². The summed E-state index contributed by atoms with van der Waals surface area (Å²) in [5, 5.41) is 3.93. The maximum absolute atomic E-state index is 13.0. The van der Waals surface area contributed by atoms with Crippen LogP contribution in [0.5, 0.6) is 5.75 Å². The second-order valence-electron chi connectivity index (χ2n) is 5.12. The van der Waals surface area contributed by atoms with Gasteiger partial charge < -0.3 is 15.0 Å². The highest BCUT2D eigenvalue weighted by molar-refractivity contribution is 5.85. The standard InChI is InChI=1S/C14H16FN3O2.ClH/c15-10-4-3-5-11(8-10)19-9-12-17-13(18-20-12)14(16)6-1-2-7-14;/h3-5,8H,1-2,6-7,9,16H2;1H. The van der Waals surface area contributed by atoms with Gasteiger partial charge >= 0.3 is 0 Å². The molecule has 0 radical (unpaired) electrons. The highest BCUT2D eigenvalue weighted by atomic mass is 35.5. The summed E-state index contributed by atoms with van der Waals surface area (Å²) in [6.07, 6.45) is 3.91. The van der Waals surface area contributed by atoms with Crippen molar-refractivity contribution in [3.63, 3.8) is 0 Å². The van der Waals surface area contributed by atoms with Gasteiger partial charge in [0.25, 0.3) is 5.89 Å². The van der Waals surface area contributed by atoms with Gasteiger partial charge in [-0.15, -0.1) is 12.4 Å². The Hall–Kier alpha value is -1.66. The molecule has 0 bridgehead atoms. The minimum absolute atomic E-state index is 0. The SMILES string of the molecule is Cl.NC1(c2noc(COc3cccc(F)c3)n2)CCCC1. The molecule has 2 N–H and O–H groups in total. The van der Waals surface area contributed by atoms with E-state index in [1.165, 1.54) is 12.1 Å². The van der Waals surface area contributed by atoms with Crippen molar-refractivity contribution in [1.29, 1.82) is 0 Å². The van der Waals surface area contributed by atoms with Crippen LogP contribution in [0.15, 0.2) is 28.8 Å². The van der Waals surface area contributed by atoms with E-state index in [0.717, 1.165) is 25.7 Å². The number of rotatable bonds is 4. The van der Waals surface area contributed by atoms with Gasteiger partial charge in [0.15, 0.2) is 12.4 Å². The van der Waals surface area contributed by atoms with Crippen molar-refractivity contribution < 1.29 is 13.7 Å². The zero-order valence-electron chi connectivity index (χ0n) is 11.4. The van der Waals surface area contributed by atoms with E-state index in [-0.39, 0.29) is 24.8 Å². The van der Waals surface area contributed by atoms with Crippen molar-refractivity contribution >= 4 is 12.4 Å². The molecule has 0 amide bonds. The number of nitrogens with zero attached hydrogens (tertiary/aromatic N) is 2. The summed E-state index contributed by atoms with van der Waals surface area (Å²) in [6.45, 7) is 0.104. The third-order valence-corrected chi connectivity index (χ3v) is 3.57. The van der Waals surface area contributed by atoms with Crippen LogP contribution < -0.4 is 10.5 Å². The molecule has 1 aromatic heterocycles. The molecule has 1 aliphatic rings. The number of halogens is 2. The fraction of sp³-hybridized carbons (Fsp3) is 0.429. The topological polar surface area (TPSA) is 74.2 Å². The summed E-state index contributed by atoms with van der Waals surface area (Å²) in [6, 6.07) is 5.91. The van der Waals surface area contributed by atoms with Gasteiger partial charge in [-0.1, -0.05) is 24.1 Å². The van der Waals surface area contributed by atoms with Gasteiger partial charge in [0.1, 0.15) is 11.6 Å². The molecule has 1 aliphatic carbocycles. The molecule has 2 aromatic rings. The van der Waals surface area contributed by atoms with Crippen molar-refractivity contribution in [3.05, 3.63) is 41.8 Å². The third-order valence-electron chi connectivity index (χ3n) is 3.57. The molecule has 1 saturated carbocycles. The van der Waals surface area contributed by atoms with Gasteiger partial charge in [-0.3, -0.25) is 0 Å². The number of aromatic nitrogens is 2. The number of benzene rings is 1. The lowest BCUT2D eigenvalue weighted by molar-refractivity contribution is 0.240. The molecule has 7 heteroatoms. The third kappa shape index (κ3) is 3.51. The van der Waals surface area contributed by atoms with E-state index in [9.17, 15) is 4.39 Å². The molecule has 1 fully saturated rings. The number of hydrogen-bond donors (Lipinski definition) is 1. The van der Waals surface area contributed by atoms with Crippen LogP contribution in [0.3, 0.4) is 0 Å². The van der Waals surface area contributed by atoms with Crippen LogP contribution in [0.4, 0.5) is 4.39 Å². The van der Waals surface area contributed by atoms with Crippen molar-refractivity contribution in [3.8, 4) is 5.75 Å². The van der Waals surface area contributed by atoms with Gasteiger partial charge in [-0.2, -0.15) is 4.98 Å². The Bertz CT molecular complexity index is 599. The van der Waals surface area contributed by atoms with Crippen LogP contribution in [0.2, 0.25) is 0 Å². The fourth-order valence-electron chi connectivity index (χ4n) is 2.45. The average molecular weight is 314 g/mol. The van der Waals surface area contributed by atoms with Crippen molar-refractivity contribution in [2.75, 3.05) is 0 Å². The van der Waals surface area contributed by atoms with Crippen LogP contribution in [0.1, 0.15) is 37.4 Å². The average Bonchev–Trinajstić information content (AvgIpc) is 3.06. The Labute approximate surface area is 128 Å². The molecule has 0 spiro atoms. The van der Waals surface area contributed by atoms with Crippen LogP contribution in [0.25, 0.3) is 0 Å². The molecule has 0 saturated heterocycles. The summed E-state index contributed by atoms with van der Waals surface area (Å²) >= 11 is 0. The smallest absolute Gasteiger partial charge is 0.264 e. The largest absolute Gasteiger partial charge is 0.484 e. The predicted octanol–water partition coefficient (Wildman–Crippen LogP) is 2.94. The first-order valence-corrected chi connectivity index (χ1v) is 6.66. The predicted molar refractivity (Wildman–Crippen MR) is 76.6 cm³/mol. The highest BCUT2D eigenvalue weighted by Crippen LogP contribution is 2.34. The molecule has 21 heavy (non-hydrogen) atoms. The van der Waals surface area contributed by atoms with E-state index < -0.39 is 5.54 Å². The summed E-state index contributed by atoms with van der Waals surface area (Å²) in [4.78, 5) is 4.28. The molecule has 0 unspecified atom stereocenters. The molecule has 1 heterocycles. The fourth-order valence-corrected chi connectivity index (χ4v) is 2.45. The Morgan fingerprint density at radius 3 is 2.81 bits per heavy atom. The van der Waals surface area contributed by atoms with E-state index in [4.69, 9.17) is 15.0 Å². The molecule has 114 valence electrons. The van der Waals surface area contributed by atoms with E-state index >= 15 is 0 Å². The molecule has 1 aromatic carbocycles. The van der Waals surface area contributed by atoms with Crippen LogP contribution >= 0.6 is 12.4 Å². The van der Waals surface area contributed by atoms with Crippen LogP contribution in [0, 0.1) is 5.82 Å². The second kappa shape index (κ2) is 6.41. The summed E-state index contributed by atoms with van der Waals surface area (Å²) in [5.74, 6) is 0.961. The zero-order valence-corrected chi connectivity index (χ0v) is 12.2. The number of hydrogen-bond acceptors (Lipinski definition) is 5. The van der Waals surface area contributed by atoms with Gasteiger partial charge in [0, 0.05) is 6.07 Å². The molecule has 3 rings (SSSR count). The maximum atomic E-state index is 13.0. The van der Waals surface area contributed by atoms with Gasteiger partial charge in [0.2, 0.25) is 0 Å². The monoisotopic (exact) mass is 313 g/mol. The maximum Gasteiger partial charge on any atom is 0.264 e. The quantitative estimate of drug-likeness (QED) is 0.939. The minimum Gasteiger partial charge on any atom is -0.484 e. The first-order valence-electron chi connectivity index (χ1n) is 6.66. The van der Waals surface area contributed by atoms with Crippen LogP contribution in [-0.4, -0.2) is 10.1 Å². The number of ether oxygens (including phenoxy) is 1. The van der Waals surface area contributed by atoms with Crippen molar-refractivity contribution in [2.24, 2.45) is 5.73 Å². The van der Waals surface area contributed by atoms with Crippen molar-refractivity contribution in [1.82, 2.24) is 10.1 Å². The van der Waals surface area contributed by atoms with E-state index in [0.29, 0.717) is 17.5 Å². The Balaban J connectivity index is 0.00000161. The summed E-state index contributed by atoms with van der Waals surface area (Å²) in [7, 11) is 0. The lowest BCUT2D eigenvalue weighted by Crippen LogP contribution is -2.34. The normalized spacial score (nSPS) is 16.5. The molecule has 0 atom stereocenters. The lowest BCUT2D eigenvalue weighted by atomic mass is 9.99. The Kier molecular flexibility index (Phi) is 4.80. The van der Waals surface area contributed by atoms with E-state index in [2.05, 4.69) is 10.1 Å². The van der Waals surface area contributed by atoms with E-state index in [1.807, 2.05) is 0 Å². The number of nitrogens with two attached hydrogens (primary N) is 1. The molecule has 0 aliphatic heterocycles. The minimum atomic E-state index is -0.472. The van der Waals surface area contributed by atoms with Gasteiger partial charge in [-0.05, 0) is 25.0 Å². The Morgan fingerprint density at radius 1 is 1.33 bits per heavy atom. The molecule has 5 nitrogen and oxygen atoms in total. The zero-order chi connectivity index (χ0) is 14.0. The lowest BCUT2D eigenvalue weighted by Gasteiger charge is -2.17. The van der Waals surface area contributed by atoms with E-state index in [1.54, 1.807) is 12.1 Å². The first kappa shape index (κ1) is 15.7. The first-order chi connectivity index (χ1) is 9.66.